The molecule has 1 aromatic carbocycles. The second-order valence-corrected chi connectivity index (χ2v) is 5.10. The van der Waals surface area contributed by atoms with Crippen molar-refractivity contribution in [2.24, 2.45) is 0 Å². The van der Waals surface area contributed by atoms with Crippen molar-refractivity contribution in [3.63, 3.8) is 0 Å². The maximum atomic E-state index is 5.69. The minimum absolute atomic E-state index is 0.647. The fourth-order valence-corrected chi connectivity index (χ4v) is 2.59. The molecule has 0 saturated heterocycles. The lowest BCUT2D eigenvalue weighted by Gasteiger charge is -2.02. The van der Waals surface area contributed by atoms with Gasteiger partial charge in [0, 0.05) is 18.4 Å². The van der Waals surface area contributed by atoms with Crippen molar-refractivity contribution in [3.05, 3.63) is 46.0 Å². The molecular weight excluding hydrogens is 232 g/mol. The van der Waals surface area contributed by atoms with E-state index in [1.165, 1.54) is 16.0 Å². The van der Waals surface area contributed by atoms with Crippen LogP contribution in [0.5, 0.6) is 0 Å². The number of nitrogens with zero attached hydrogens (tertiary/aromatic N) is 1. The average molecular weight is 248 g/mol. The highest BCUT2D eigenvalue weighted by atomic mass is 32.1. The first-order valence-corrected chi connectivity index (χ1v) is 6.29. The second-order valence-electron chi connectivity index (χ2n) is 3.99. The van der Waals surface area contributed by atoms with Crippen molar-refractivity contribution >= 4 is 16.5 Å². The molecule has 0 bridgehead atoms. The topological polar surface area (TPSA) is 48.1 Å². The molecule has 0 radical (unpaired) electrons. The minimum Gasteiger partial charge on any atom is -0.380 e. The number of nitrogen functional groups attached to an aromatic ring is 1. The first kappa shape index (κ1) is 12.1. The van der Waals surface area contributed by atoms with Crippen LogP contribution < -0.4 is 5.73 Å². The van der Waals surface area contributed by atoms with E-state index in [9.17, 15) is 0 Å². The molecule has 0 spiro atoms. The molecule has 17 heavy (non-hydrogen) atoms. The molecule has 0 fully saturated rings. The van der Waals surface area contributed by atoms with Crippen molar-refractivity contribution in [3.8, 4) is 0 Å². The van der Waals surface area contributed by atoms with Crippen molar-refractivity contribution in [2.45, 2.75) is 20.0 Å². The summed E-state index contributed by atoms with van der Waals surface area (Å²) in [6.45, 7) is 2.66. The van der Waals surface area contributed by atoms with E-state index in [4.69, 9.17) is 10.5 Å². The molecule has 0 aliphatic carbocycles. The third-order valence-electron chi connectivity index (χ3n) is 2.61. The van der Waals surface area contributed by atoms with Crippen LogP contribution in [0.4, 0.5) is 5.13 Å². The number of ether oxygens (including phenoxy) is 1. The highest BCUT2D eigenvalue weighted by Crippen LogP contribution is 2.23. The first-order chi connectivity index (χ1) is 8.19. The highest BCUT2D eigenvalue weighted by Gasteiger charge is 2.06. The van der Waals surface area contributed by atoms with Crippen LogP contribution in [-0.2, 0) is 17.8 Å². The lowest BCUT2D eigenvalue weighted by molar-refractivity contribution is 0.185. The van der Waals surface area contributed by atoms with Gasteiger partial charge in [-0.15, -0.1) is 11.3 Å². The Labute approximate surface area is 105 Å². The summed E-state index contributed by atoms with van der Waals surface area (Å²) >= 11 is 1.57. The Balaban J connectivity index is 2.11. The van der Waals surface area contributed by atoms with E-state index in [0.717, 1.165) is 12.1 Å². The van der Waals surface area contributed by atoms with Gasteiger partial charge >= 0.3 is 0 Å². The van der Waals surface area contributed by atoms with E-state index in [2.05, 4.69) is 29.2 Å². The van der Waals surface area contributed by atoms with E-state index in [0.29, 0.717) is 11.7 Å². The van der Waals surface area contributed by atoms with Crippen LogP contribution in [-0.4, -0.2) is 12.1 Å². The molecule has 1 aromatic heterocycles. The SMILES string of the molecule is COCc1ccc(Cc2sc(N)nc2C)cc1. The van der Waals surface area contributed by atoms with Gasteiger partial charge in [-0.25, -0.2) is 4.98 Å². The summed E-state index contributed by atoms with van der Waals surface area (Å²) in [5.74, 6) is 0. The predicted molar refractivity (Wildman–Crippen MR) is 71.2 cm³/mol. The van der Waals surface area contributed by atoms with E-state index >= 15 is 0 Å². The standard InChI is InChI=1S/C13H16N2OS/c1-9-12(17-13(14)15-9)7-10-3-5-11(6-4-10)8-16-2/h3-6H,7-8H2,1-2H3,(H2,14,15). The van der Waals surface area contributed by atoms with Crippen molar-refractivity contribution in [1.82, 2.24) is 4.98 Å². The number of rotatable bonds is 4. The number of aryl methyl sites for hydroxylation is 1. The van der Waals surface area contributed by atoms with Crippen LogP contribution in [0.25, 0.3) is 0 Å². The van der Waals surface area contributed by atoms with Gasteiger partial charge in [0.2, 0.25) is 0 Å². The fraction of sp³-hybridized carbons (Fsp3) is 0.308. The maximum absolute atomic E-state index is 5.69. The Bertz CT molecular complexity index is 491. The summed E-state index contributed by atoms with van der Waals surface area (Å²) in [7, 11) is 1.71. The zero-order valence-electron chi connectivity index (χ0n) is 10.1. The number of benzene rings is 1. The van der Waals surface area contributed by atoms with Crippen LogP contribution in [0.1, 0.15) is 21.7 Å². The zero-order chi connectivity index (χ0) is 12.3. The highest BCUT2D eigenvalue weighted by molar-refractivity contribution is 7.15. The minimum atomic E-state index is 0.647. The van der Waals surface area contributed by atoms with Gasteiger partial charge < -0.3 is 10.5 Å². The largest absolute Gasteiger partial charge is 0.380 e. The summed E-state index contributed by atoms with van der Waals surface area (Å²) in [5, 5.41) is 0.647. The van der Waals surface area contributed by atoms with Gasteiger partial charge in [-0.3, -0.25) is 0 Å². The summed E-state index contributed by atoms with van der Waals surface area (Å²) in [6, 6.07) is 8.45. The fourth-order valence-electron chi connectivity index (χ4n) is 1.72. The third kappa shape index (κ3) is 3.05. The Kier molecular flexibility index (Phi) is 3.76. The van der Waals surface area contributed by atoms with Crippen LogP contribution in [0.3, 0.4) is 0 Å². The van der Waals surface area contributed by atoms with E-state index in [1.54, 1.807) is 18.4 Å². The van der Waals surface area contributed by atoms with Crippen molar-refractivity contribution in [1.29, 1.82) is 0 Å². The molecule has 90 valence electrons. The number of thiazole rings is 1. The Morgan fingerprint density at radius 2 is 1.88 bits per heavy atom. The number of nitrogens with two attached hydrogens (primary N) is 1. The molecule has 0 amide bonds. The van der Waals surface area contributed by atoms with Gasteiger partial charge in [0.05, 0.1) is 12.3 Å². The number of anilines is 1. The summed E-state index contributed by atoms with van der Waals surface area (Å²) in [5.41, 5.74) is 9.19. The monoisotopic (exact) mass is 248 g/mol. The van der Waals surface area contributed by atoms with Crippen molar-refractivity contribution in [2.75, 3.05) is 12.8 Å². The molecule has 4 heteroatoms. The first-order valence-electron chi connectivity index (χ1n) is 5.47. The number of methoxy groups -OCH3 is 1. The quantitative estimate of drug-likeness (QED) is 0.905. The average Bonchev–Trinajstić information content (AvgIpc) is 2.61. The molecule has 0 unspecified atom stereocenters. The molecule has 0 aliphatic rings. The Hall–Kier alpha value is -1.39. The molecule has 3 nitrogen and oxygen atoms in total. The van der Waals surface area contributed by atoms with Crippen LogP contribution >= 0.6 is 11.3 Å². The Morgan fingerprint density at radius 3 is 2.41 bits per heavy atom. The second kappa shape index (κ2) is 5.29. The van der Waals surface area contributed by atoms with Gasteiger partial charge in [0.15, 0.2) is 5.13 Å². The number of hydrogen-bond donors (Lipinski definition) is 1. The van der Waals surface area contributed by atoms with Crippen molar-refractivity contribution < 1.29 is 4.74 Å². The summed E-state index contributed by atoms with van der Waals surface area (Å²) in [6.07, 6.45) is 0.897. The van der Waals surface area contributed by atoms with Gasteiger partial charge in [-0.2, -0.15) is 0 Å². The van der Waals surface area contributed by atoms with E-state index in [1.807, 2.05) is 6.92 Å². The number of hydrogen-bond acceptors (Lipinski definition) is 4. The predicted octanol–water partition coefficient (Wildman–Crippen LogP) is 2.77. The zero-order valence-corrected chi connectivity index (χ0v) is 10.9. The van der Waals surface area contributed by atoms with Gasteiger partial charge in [-0.1, -0.05) is 24.3 Å². The lowest BCUT2D eigenvalue weighted by Crippen LogP contribution is -1.90. The molecule has 0 saturated carbocycles. The summed E-state index contributed by atoms with van der Waals surface area (Å²) < 4.78 is 5.08. The number of aromatic nitrogens is 1. The third-order valence-corrected chi connectivity index (χ3v) is 3.59. The van der Waals surface area contributed by atoms with Crippen LogP contribution in [0.15, 0.2) is 24.3 Å². The van der Waals surface area contributed by atoms with E-state index in [-0.39, 0.29) is 0 Å². The summed E-state index contributed by atoms with van der Waals surface area (Å²) in [4.78, 5) is 5.47. The lowest BCUT2D eigenvalue weighted by atomic mass is 10.1. The van der Waals surface area contributed by atoms with Gasteiger partial charge in [0.1, 0.15) is 0 Å². The molecule has 2 N–H and O–H groups in total. The van der Waals surface area contributed by atoms with Crippen LogP contribution in [0, 0.1) is 6.92 Å². The molecule has 2 rings (SSSR count). The molecule has 2 aromatic rings. The molecule has 1 heterocycles. The molecule has 0 atom stereocenters. The molecule has 0 aliphatic heterocycles. The maximum Gasteiger partial charge on any atom is 0.180 e. The normalized spacial score (nSPS) is 10.7. The Morgan fingerprint density at radius 1 is 1.24 bits per heavy atom. The molecular formula is C13H16N2OS. The van der Waals surface area contributed by atoms with E-state index < -0.39 is 0 Å². The smallest absolute Gasteiger partial charge is 0.180 e. The van der Waals surface area contributed by atoms with Gasteiger partial charge in [-0.05, 0) is 18.1 Å². The van der Waals surface area contributed by atoms with Gasteiger partial charge in [0.25, 0.3) is 0 Å². The van der Waals surface area contributed by atoms with Crippen LogP contribution in [0.2, 0.25) is 0 Å².